The van der Waals surface area contributed by atoms with E-state index in [9.17, 15) is 4.39 Å². The van der Waals surface area contributed by atoms with Crippen molar-refractivity contribution in [1.29, 1.82) is 0 Å². The smallest absolute Gasteiger partial charge is 0.171 e. The summed E-state index contributed by atoms with van der Waals surface area (Å²) in [5.41, 5.74) is 1.30. The number of thiocarbonyl (C=S) groups is 1. The fourth-order valence-corrected chi connectivity index (χ4v) is 3.01. The number of likely N-dealkylation sites (N-methyl/N-ethyl adjacent to an activating group) is 1. The maximum Gasteiger partial charge on any atom is 0.171 e. The number of ether oxygens (including phenoxy) is 1. The predicted molar refractivity (Wildman–Crippen MR) is 104 cm³/mol. The van der Waals surface area contributed by atoms with Crippen molar-refractivity contribution in [2.45, 2.75) is 6.04 Å². The van der Waals surface area contributed by atoms with E-state index in [1.807, 2.05) is 38.4 Å². The van der Waals surface area contributed by atoms with Gasteiger partial charge in [-0.05, 0) is 36.5 Å². The Kier molecular flexibility index (Phi) is 6.99. The molecule has 0 bridgehead atoms. The van der Waals surface area contributed by atoms with Crippen LogP contribution in [0, 0.1) is 5.82 Å². The van der Waals surface area contributed by atoms with Crippen LogP contribution in [0.15, 0.2) is 42.5 Å². The van der Waals surface area contributed by atoms with Gasteiger partial charge in [-0.25, -0.2) is 4.39 Å². The van der Waals surface area contributed by atoms with E-state index >= 15 is 0 Å². The van der Waals surface area contributed by atoms with Gasteiger partial charge in [-0.3, -0.25) is 0 Å². The van der Waals surface area contributed by atoms with Crippen molar-refractivity contribution in [3.8, 4) is 5.75 Å². The van der Waals surface area contributed by atoms with Gasteiger partial charge in [-0.1, -0.05) is 23.7 Å². The first kappa shape index (κ1) is 19.4. The molecule has 0 aliphatic heterocycles. The highest BCUT2D eigenvalue weighted by Crippen LogP contribution is 2.24. The molecule has 7 heteroatoms. The fraction of sp³-hybridized carbons (Fsp3) is 0.278. The van der Waals surface area contributed by atoms with Gasteiger partial charge < -0.3 is 20.3 Å². The lowest BCUT2D eigenvalue weighted by Crippen LogP contribution is -3.07. The van der Waals surface area contributed by atoms with Gasteiger partial charge in [-0.2, -0.15) is 0 Å². The Labute approximate surface area is 157 Å². The third kappa shape index (κ3) is 5.29. The molecular formula is C18H22ClFN3OS+. The topological polar surface area (TPSA) is 37.7 Å². The van der Waals surface area contributed by atoms with Crippen LogP contribution in [0.2, 0.25) is 5.02 Å². The van der Waals surface area contributed by atoms with Crippen LogP contribution < -0.4 is 20.3 Å². The minimum absolute atomic E-state index is 0.182. The lowest BCUT2D eigenvalue weighted by Gasteiger charge is -2.24. The molecule has 0 radical (unpaired) electrons. The Morgan fingerprint density at radius 1 is 1.28 bits per heavy atom. The van der Waals surface area contributed by atoms with Gasteiger partial charge in [0.2, 0.25) is 0 Å². The maximum absolute atomic E-state index is 14.2. The maximum atomic E-state index is 14.2. The van der Waals surface area contributed by atoms with Gasteiger partial charge in [0.15, 0.2) is 5.11 Å². The number of hydrogen-bond acceptors (Lipinski definition) is 2. The van der Waals surface area contributed by atoms with E-state index in [1.54, 1.807) is 19.2 Å². The highest BCUT2D eigenvalue weighted by atomic mass is 35.5. The minimum atomic E-state index is -0.313. The number of halogens is 2. The number of quaternary nitrogens is 1. The van der Waals surface area contributed by atoms with E-state index < -0.39 is 0 Å². The third-order valence-electron chi connectivity index (χ3n) is 3.84. The molecule has 0 fully saturated rings. The first-order valence-corrected chi connectivity index (χ1v) is 8.64. The molecule has 0 spiro atoms. The summed E-state index contributed by atoms with van der Waals surface area (Å²) in [4.78, 5) is 1.05. The van der Waals surface area contributed by atoms with Crippen molar-refractivity contribution in [2.75, 3.05) is 33.1 Å². The van der Waals surface area contributed by atoms with E-state index in [0.29, 0.717) is 22.2 Å². The summed E-state index contributed by atoms with van der Waals surface area (Å²) >= 11 is 11.5. The second kappa shape index (κ2) is 8.99. The Morgan fingerprint density at radius 2 is 2.00 bits per heavy atom. The lowest BCUT2D eigenvalue weighted by molar-refractivity contribution is -0.890. The normalized spacial score (nSPS) is 11.9. The van der Waals surface area contributed by atoms with Gasteiger partial charge in [0.1, 0.15) is 17.6 Å². The fourth-order valence-electron chi connectivity index (χ4n) is 2.51. The molecule has 0 amide bonds. The molecule has 0 aromatic heterocycles. The van der Waals surface area contributed by atoms with E-state index in [-0.39, 0.29) is 11.9 Å². The van der Waals surface area contributed by atoms with Crippen molar-refractivity contribution < 1.29 is 14.0 Å². The molecule has 1 atom stereocenters. The molecule has 2 aromatic rings. The monoisotopic (exact) mass is 382 g/mol. The molecule has 0 saturated heterocycles. The Bertz CT molecular complexity index is 722. The first-order valence-electron chi connectivity index (χ1n) is 7.85. The molecule has 0 aliphatic carbocycles. The summed E-state index contributed by atoms with van der Waals surface area (Å²) < 4.78 is 19.4. The van der Waals surface area contributed by atoms with Gasteiger partial charge in [0.05, 0.1) is 38.3 Å². The third-order valence-corrected chi connectivity index (χ3v) is 4.42. The van der Waals surface area contributed by atoms with Crippen LogP contribution in [0.25, 0.3) is 0 Å². The Hall–Kier alpha value is -1.89. The van der Waals surface area contributed by atoms with Crippen LogP contribution in [-0.2, 0) is 0 Å². The quantitative estimate of drug-likeness (QED) is 0.671. The van der Waals surface area contributed by atoms with Crippen LogP contribution in [0.4, 0.5) is 10.1 Å². The lowest BCUT2D eigenvalue weighted by atomic mass is 10.1. The van der Waals surface area contributed by atoms with E-state index in [0.717, 1.165) is 16.3 Å². The first-order chi connectivity index (χ1) is 11.9. The number of methoxy groups -OCH3 is 1. The molecule has 0 unspecified atom stereocenters. The second-order valence-electron chi connectivity index (χ2n) is 5.83. The summed E-state index contributed by atoms with van der Waals surface area (Å²) in [6.45, 7) is 0.443. The van der Waals surface area contributed by atoms with Gasteiger partial charge in [0, 0.05) is 11.8 Å². The molecule has 4 nitrogen and oxygen atoms in total. The summed E-state index contributed by atoms with van der Waals surface area (Å²) in [5, 5.41) is 7.10. The van der Waals surface area contributed by atoms with Gasteiger partial charge in [0.25, 0.3) is 0 Å². The predicted octanol–water partition coefficient (Wildman–Crippen LogP) is 2.66. The SMILES string of the molecule is COc1cccc(NC(=S)NC[C@@H](c2c(F)cccc2Cl)[NH+](C)C)c1. The number of nitrogens with one attached hydrogen (secondary N) is 3. The largest absolute Gasteiger partial charge is 0.497 e. The molecule has 0 heterocycles. The van der Waals surface area contributed by atoms with Crippen molar-refractivity contribution in [1.82, 2.24) is 5.32 Å². The van der Waals surface area contributed by atoms with Crippen LogP contribution in [0.3, 0.4) is 0 Å². The zero-order valence-electron chi connectivity index (χ0n) is 14.4. The molecule has 0 aliphatic rings. The van der Waals surface area contributed by atoms with Crippen LogP contribution in [-0.4, -0.2) is 32.9 Å². The van der Waals surface area contributed by atoms with Crippen molar-refractivity contribution in [3.05, 3.63) is 58.9 Å². The standard InChI is InChI=1S/C18H21ClFN3OS/c1-23(2)16(17-14(19)8-5-9-15(17)20)11-21-18(25)22-12-6-4-7-13(10-12)24-3/h4-10,16H,11H2,1-3H3,(H2,21,22,25)/p+1/t16-/m0/s1. The van der Waals surface area contributed by atoms with Crippen LogP contribution >= 0.6 is 23.8 Å². The average Bonchev–Trinajstić information content (AvgIpc) is 2.57. The zero-order chi connectivity index (χ0) is 18.4. The number of anilines is 1. The Balaban J connectivity index is 2.05. The van der Waals surface area contributed by atoms with Crippen molar-refractivity contribution >= 4 is 34.6 Å². The van der Waals surface area contributed by atoms with Crippen molar-refractivity contribution in [2.24, 2.45) is 0 Å². The summed E-state index contributed by atoms with van der Waals surface area (Å²) in [7, 11) is 5.51. The molecule has 134 valence electrons. The molecule has 2 rings (SSSR count). The number of hydrogen-bond donors (Lipinski definition) is 3. The molecule has 3 N–H and O–H groups in total. The zero-order valence-corrected chi connectivity index (χ0v) is 16.0. The summed E-state index contributed by atoms with van der Waals surface area (Å²) in [6, 6.07) is 12.0. The van der Waals surface area contributed by atoms with E-state index in [1.165, 1.54) is 6.07 Å². The van der Waals surface area contributed by atoms with E-state index in [4.69, 9.17) is 28.6 Å². The number of rotatable bonds is 6. The highest BCUT2D eigenvalue weighted by Gasteiger charge is 2.24. The molecular weight excluding hydrogens is 361 g/mol. The number of benzene rings is 2. The van der Waals surface area contributed by atoms with Crippen molar-refractivity contribution in [3.63, 3.8) is 0 Å². The van der Waals surface area contributed by atoms with Gasteiger partial charge >= 0.3 is 0 Å². The molecule has 2 aromatic carbocycles. The summed E-state index contributed by atoms with van der Waals surface area (Å²) in [6.07, 6.45) is 0. The highest BCUT2D eigenvalue weighted by molar-refractivity contribution is 7.80. The van der Waals surface area contributed by atoms with Crippen LogP contribution in [0.1, 0.15) is 11.6 Å². The van der Waals surface area contributed by atoms with Gasteiger partial charge in [-0.15, -0.1) is 0 Å². The Morgan fingerprint density at radius 3 is 2.64 bits per heavy atom. The summed E-state index contributed by atoms with van der Waals surface area (Å²) in [5.74, 6) is 0.425. The minimum Gasteiger partial charge on any atom is -0.497 e. The molecule has 25 heavy (non-hydrogen) atoms. The molecule has 0 saturated carbocycles. The average molecular weight is 383 g/mol. The second-order valence-corrected chi connectivity index (χ2v) is 6.65. The van der Waals surface area contributed by atoms with E-state index in [2.05, 4.69) is 10.6 Å². The van der Waals surface area contributed by atoms with Crippen LogP contribution in [0.5, 0.6) is 5.75 Å².